The van der Waals surface area contributed by atoms with Crippen molar-refractivity contribution in [1.29, 1.82) is 0 Å². The standard InChI is InChI=1S/C16H15BrClF2N/c1-2-8-21-16(10-6-7-13(19)14(20)9-10)11-4-3-5-12(17)15(11)18/h3-7,9,16,21H,2,8H2,1H3. The zero-order chi connectivity index (χ0) is 15.4. The zero-order valence-corrected chi connectivity index (χ0v) is 13.8. The van der Waals surface area contributed by atoms with E-state index in [0.29, 0.717) is 10.6 Å². The summed E-state index contributed by atoms with van der Waals surface area (Å²) in [6.07, 6.45) is 0.922. The van der Waals surface area contributed by atoms with Gasteiger partial charge in [-0.1, -0.05) is 36.7 Å². The van der Waals surface area contributed by atoms with E-state index in [0.717, 1.165) is 29.1 Å². The molecule has 1 unspecified atom stereocenters. The van der Waals surface area contributed by atoms with Crippen LogP contribution in [-0.2, 0) is 0 Å². The van der Waals surface area contributed by atoms with E-state index < -0.39 is 11.6 Å². The van der Waals surface area contributed by atoms with Gasteiger partial charge in [0.05, 0.1) is 11.1 Å². The molecule has 0 amide bonds. The number of halogens is 4. The number of nitrogens with one attached hydrogen (secondary N) is 1. The Morgan fingerprint density at radius 1 is 1.19 bits per heavy atom. The second-order valence-electron chi connectivity index (χ2n) is 4.70. The molecule has 5 heteroatoms. The van der Waals surface area contributed by atoms with E-state index in [2.05, 4.69) is 21.2 Å². The third-order valence-corrected chi connectivity index (χ3v) is 4.48. The van der Waals surface area contributed by atoms with Gasteiger partial charge in [-0.2, -0.15) is 0 Å². The van der Waals surface area contributed by atoms with E-state index in [-0.39, 0.29) is 6.04 Å². The van der Waals surface area contributed by atoms with Gasteiger partial charge >= 0.3 is 0 Å². The van der Waals surface area contributed by atoms with Crippen LogP contribution in [0.1, 0.15) is 30.5 Å². The molecule has 0 saturated carbocycles. The minimum Gasteiger partial charge on any atom is -0.306 e. The summed E-state index contributed by atoms with van der Waals surface area (Å²) >= 11 is 9.72. The lowest BCUT2D eigenvalue weighted by Crippen LogP contribution is -2.23. The van der Waals surface area contributed by atoms with E-state index in [1.54, 1.807) is 6.07 Å². The maximum atomic E-state index is 13.5. The first-order valence-electron chi connectivity index (χ1n) is 6.66. The molecule has 1 nitrogen and oxygen atoms in total. The number of hydrogen-bond acceptors (Lipinski definition) is 1. The second-order valence-corrected chi connectivity index (χ2v) is 5.94. The molecule has 21 heavy (non-hydrogen) atoms. The minimum atomic E-state index is -0.859. The van der Waals surface area contributed by atoms with Gasteiger partial charge in [-0.25, -0.2) is 8.78 Å². The van der Waals surface area contributed by atoms with Crippen molar-refractivity contribution in [1.82, 2.24) is 5.32 Å². The molecule has 0 fully saturated rings. The fourth-order valence-corrected chi connectivity index (χ4v) is 2.75. The zero-order valence-electron chi connectivity index (χ0n) is 11.5. The van der Waals surface area contributed by atoms with Crippen molar-refractivity contribution in [2.75, 3.05) is 6.54 Å². The van der Waals surface area contributed by atoms with Gasteiger partial charge in [-0.15, -0.1) is 0 Å². The summed E-state index contributed by atoms with van der Waals surface area (Å²) in [5.41, 5.74) is 1.47. The SMILES string of the molecule is CCCNC(c1ccc(F)c(F)c1)c1cccc(Br)c1Cl. The summed E-state index contributed by atoms with van der Waals surface area (Å²) in [7, 11) is 0. The van der Waals surface area contributed by atoms with Crippen molar-refractivity contribution in [3.63, 3.8) is 0 Å². The van der Waals surface area contributed by atoms with Crippen LogP contribution in [0.5, 0.6) is 0 Å². The van der Waals surface area contributed by atoms with E-state index >= 15 is 0 Å². The summed E-state index contributed by atoms with van der Waals surface area (Å²) in [6, 6.07) is 9.21. The Kier molecular flexibility index (Phi) is 5.73. The highest BCUT2D eigenvalue weighted by atomic mass is 79.9. The molecule has 0 aromatic heterocycles. The van der Waals surface area contributed by atoms with Crippen LogP contribution >= 0.6 is 27.5 Å². The predicted molar refractivity (Wildman–Crippen MR) is 85.6 cm³/mol. The Labute approximate surface area is 136 Å². The molecule has 1 N–H and O–H groups in total. The Hall–Kier alpha value is -0.970. The predicted octanol–water partition coefficient (Wildman–Crippen LogP) is 5.47. The summed E-state index contributed by atoms with van der Waals surface area (Å²) < 4.78 is 27.4. The van der Waals surface area contributed by atoms with Crippen molar-refractivity contribution in [2.24, 2.45) is 0 Å². The normalized spacial score (nSPS) is 12.4. The molecule has 2 rings (SSSR count). The summed E-state index contributed by atoms with van der Waals surface area (Å²) in [6.45, 7) is 2.78. The Morgan fingerprint density at radius 2 is 1.95 bits per heavy atom. The fraction of sp³-hybridized carbons (Fsp3) is 0.250. The first kappa shape index (κ1) is 16.4. The van der Waals surface area contributed by atoms with Gasteiger partial charge in [0.2, 0.25) is 0 Å². The molecular weight excluding hydrogens is 360 g/mol. The lowest BCUT2D eigenvalue weighted by molar-refractivity contribution is 0.503. The summed E-state index contributed by atoms with van der Waals surface area (Å²) in [5, 5.41) is 3.89. The monoisotopic (exact) mass is 373 g/mol. The van der Waals surface area contributed by atoms with Crippen LogP contribution in [0, 0.1) is 11.6 Å². The van der Waals surface area contributed by atoms with Crippen LogP contribution in [0.25, 0.3) is 0 Å². The van der Waals surface area contributed by atoms with Crippen LogP contribution in [0.2, 0.25) is 5.02 Å². The van der Waals surface area contributed by atoms with Gasteiger partial charge in [-0.05, 0) is 58.2 Å². The topological polar surface area (TPSA) is 12.0 Å². The highest BCUT2D eigenvalue weighted by molar-refractivity contribution is 9.10. The quantitative estimate of drug-likeness (QED) is 0.732. The van der Waals surface area contributed by atoms with Crippen LogP contribution in [-0.4, -0.2) is 6.54 Å². The van der Waals surface area contributed by atoms with E-state index in [4.69, 9.17) is 11.6 Å². The van der Waals surface area contributed by atoms with Crippen LogP contribution in [0.15, 0.2) is 40.9 Å². The van der Waals surface area contributed by atoms with Crippen molar-refractivity contribution >= 4 is 27.5 Å². The average molecular weight is 375 g/mol. The highest BCUT2D eigenvalue weighted by Crippen LogP contribution is 2.33. The van der Waals surface area contributed by atoms with Gasteiger partial charge in [0.1, 0.15) is 0 Å². The van der Waals surface area contributed by atoms with Crippen molar-refractivity contribution in [3.8, 4) is 0 Å². The van der Waals surface area contributed by atoms with Crippen molar-refractivity contribution in [3.05, 3.63) is 68.7 Å². The van der Waals surface area contributed by atoms with Gasteiger partial charge < -0.3 is 5.32 Å². The summed E-state index contributed by atoms with van der Waals surface area (Å²) in [4.78, 5) is 0. The summed E-state index contributed by atoms with van der Waals surface area (Å²) in [5.74, 6) is -1.71. The van der Waals surface area contributed by atoms with Crippen molar-refractivity contribution in [2.45, 2.75) is 19.4 Å². The molecule has 0 aliphatic rings. The first-order valence-corrected chi connectivity index (χ1v) is 7.84. The Bertz CT molecular complexity index is 634. The molecule has 2 aromatic carbocycles. The molecule has 0 radical (unpaired) electrons. The van der Waals surface area contributed by atoms with Crippen LogP contribution < -0.4 is 5.32 Å². The lowest BCUT2D eigenvalue weighted by atomic mass is 9.98. The number of hydrogen-bond donors (Lipinski definition) is 1. The maximum absolute atomic E-state index is 13.5. The largest absolute Gasteiger partial charge is 0.306 e. The van der Waals surface area contributed by atoms with Crippen LogP contribution in [0.4, 0.5) is 8.78 Å². The Morgan fingerprint density at radius 3 is 2.62 bits per heavy atom. The molecule has 0 saturated heterocycles. The molecule has 1 atom stereocenters. The number of rotatable bonds is 5. The molecule has 0 aliphatic heterocycles. The first-order chi connectivity index (χ1) is 10.0. The third-order valence-electron chi connectivity index (χ3n) is 3.17. The maximum Gasteiger partial charge on any atom is 0.159 e. The Balaban J connectivity index is 2.47. The smallest absolute Gasteiger partial charge is 0.159 e. The molecule has 0 heterocycles. The van der Waals surface area contributed by atoms with E-state index in [1.165, 1.54) is 6.07 Å². The fourth-order valence-electron chi connectivity index (χ4n) is 2.13. The third kappa shape index (κ3) is 3.82. The molecule has 112 valence electrons. The lowest BCUT2D eigenvalue weighted by Gasteiger charge is -2.21. The molecular formula is C16H15BrClF2N. The number of benzene rings is 2. The van der Waals surface area contributed by atoms with Gasteiger partial charge in [0.25, 0.3) is 0 Å². The highest BCUT2D eigenvalue weighted by Gasteiger charge is 2.19. The van der Waals surface area contributed by atoms with Gasteiger partial charge in [-0.3, -0.25) is 0 Å². The average Bonchev–Trinajstić information content (AvgIpc) is 2.47. The van der Waals surface area contributed by atoms with E-state index in [9.17, 15) is 8.78 Å². The minimum absolute atomic E-state index is 0.287. The second kappa shape index (κ2) is 7.34. The molecule has 2 aromatic rings. The van der Waals surface area contributed by atoms with Crippen LogP contribution in [0.3, 0.4) is 0 Å². The molecule has 0 bridgehead atoms. The molecule has 0 aliphatic carbocycles. The van der Waals surface area contributed by atoms with E-state index in [1.807, 2.05) is 25.1 Å². The van der Waals surface area contributed by atoms with Crippen molar-refractivity contribution < 1.29 is 8.78 Å². The van der Waals surface area contributed by atoms with Gasteiger partial charge in [0.15, 0.2) is 11.6 Å². The van der Waals surface area contributed by atoms with Gasteiger partial charge in [0, 0.05) is 4.47 Å². The molecule has 0 spiro atoms.